The smallest absolute Gasteiger partial charge is 0.311 e. The van der Waals surface area contributed by atoms with Crippen LogP contribution in [-0.4, -0.2) is 11.0 Å². The third-order valence-corrected chi connectivity index (χ3v) is 3.21. The summed E-state index contributed by atoms with van der Waals surface area (Å²) >= 11 is 3.29. The molecule has 0 saturated heterocycles. The summed E-state index contributed by atoms with van der Waals surface area (Å²) in [6, 6.07) is 4.78. The standard InChI is InChI=1S/C11H12BrNO3/c12-8-5-6-10(13(14)15)11(7-8)16-9-3-1-2-4-9/h5-7,9H,1-4H2. The molecule has 1 aromatic carbocycles. The molecule has 0 spiro atoms. The van der Waals surface area contributed by atoms with Crippen molar-refractivity contribution in [2.24, 2.45) is 0 Å². The zero-order valence-corrected chi connectivity index (χ0v) is 10.3. The Kier molecular flexibility index (Phi) is 3.43. The number of nitro groups is 1. The van der Waals surface area contributed by atoms with Gasteiger partial charge in [0.15, 0.2) is 5.75 Å². The minimum absolute atomic E-state index is 0.0371. The molecule has 0 radical (unpaired) electrons. The SMILES string of the molecule is O=[N+]([O-])c1ccc(Br)cc1OC1CCCC1. The number of nitro benzene ring substituents is 1. The van der Waals surface area contributed by atoms with Crippen LogP contribution < -0.4 is 4.74 Å². The van der Waals surface area contributed by atoms with Crippen LogP contribution >= 0.6 is 15.9 Å². The summed E-state index contributed by atoms with van der Waals surface area (Å²) in [5.41, 5.74) is 0.0371. The van der Waals surface area contributed by atoms with Gasteiger partial charge in [-0.2, -0.15) is 0 Å². The Hall–Kier alpha value is -1.10. The molecule has 1 saturated carbocycles. The van der Waals surface area contributed by atoms with Gasteiger partial charge >= 0.3 is 5.69 Å². The van der Waals surface area contributed by atoms with Crippen LogP contribution in [0.2, 0.25) is 0 Å². The van der Waals surface area contributed by atoms with Crippen LogP contribution in [0.5, 0.6) is 5.75 Å². The quantitative estimate of drug-likeness (QED) is 0.629. The molecule has 5 heteroatoms. The molecule has 0 atom stereocenters. The molecule has 0 N–H and O–H groups in total. The fraction of sp³-hybridized carbons (Fsp3) is 0.455. The molecule has 1 aliphatic carbocycles. The van der Waals surface area contributed by atoms with Gasteiger partial charge in [-0.3, -0.25) is 10.1 Å². The lowest BCUT2D eigenvalue weighted by atomic mass is 10.2. The number of benzene rings is 1. The van der Waals surface area contributed by atoms with Crippen molar-refractivity contribution in [1.29, 1.82) is 0 Å². The first-order valence-electron chi connectivity index (χ1n) is 5.27. The third-order valence-electron chi connectivity index (χ3n) is 2.71. The third kappa shape index (κ3) is 2.52. The van der Waals surface area contributed by atoms with Gasteiger partial charge in [0.05, 0.1) is 11.0 Å². The first-order valence-corrected chi connectivity index (χ1v) is 6.07. The molecule has 0 unspecified atom stereocenters. The molecule has 0 amide bonds. The summed E-state index contributed by atoms with van der Waals surface area (Å²) in [5.74, 6) is 0.367. The van der Waals surface area contributed by atoms with E-state index in [-0.39, 0.29) is 11.8 Å². The van der Waals surface area contributed by atoms with Crippen LogP contribution in [0.3, 0.4) is 0 Å². The Morgan fingerprint density at radius 3 is 2.69 bits per heavy atom. The molecule has 1 aliphatic rings. The van der Waals surface area contributed by atoms with Crippen molar-refractivity contribution in [3.8, 4) is 5.75 Å². The Bertz CT molecular complexity index is 402. The summed E-state index contributed by atoms with van der Waals surface area (Å²) < 4.78 is 6.47. The minimum atomic E-state index is -0.406. The predicted octanol–water partition coefficient (Wildman–Crippen LogP) is 3.68. The number of ether oxygens (including phenoxy) is 1. The molecule has 0 heterocycles. The highest BCUT2D eigenvalue weighted by Crippen LogP contribution is 2.33. The van der Waals surface area contributed by atoms with E-state index in [1.165, 1.54) is 6.07 Å². The fourth-order valence-corrected chi connectivity index (χ4v) is 2.26. The van der Waals surface area contributed by atoms with E-state index in [2.05, 4.69) is 15.9 Å². The molecule has 4 nitrogen and oxygen atoms in total. The van der Waals surface area contributed by atoms with Crippen LogP contribution in [0.15, 0.2) is 22.7 Å². The van der Waals surface area contributed by atoms with Crippen molar-refractivity contribution >= 4 is 21.6 Å². The lowest BCUT2D eigenvalue weighted by molar-refractivity contribution is -0.386. The zero-order chi connectivity index (χ0) is 11.5. The highest BCUT2D eigenvalue weighted by atomic mass is 79.9. The van der Waals surface area contributed by atoms with Crippen molar-refractivity contribution < 1.29 is 9.66 Å². The van der Waals surface area contributed by atoms with Gasteiger partial charge in [0, 0.05) is 16.6 Å². The van der Waals surface area contributed by atoms with Gasteiger partial charge in [-0.05, 0) is 31.7 Å². The van der Waals surface area contributed by atoms with E-state index >= 15 is 0 Å². The van der Waals surface area contributed by atoms with Crippen molar-refractivity contribution in [2.75, 3.05) is 0 Å². The van der Waals surface area contributed by atoms with Gasteiger partial charge in [-0.25, -0.2) is 0 Å². The van der Waals surface area contributed by atoms with Gasteiger partial charge in [-0.15, -0.1) is 0 Å². The lowest BCUT2D eigenvalue weighted by Gasteiger charge is -2.13. The van der Waals surface area contributed by atoms with E-state index in [4.69, 9.17) is 4.74 Å². The summed E-state index contributed by atoms with van der Waals surface area (Å²) in [7, 11) is 0. The monoisotopic (exact) mass is 285 g/mol. The second-order valence-electron chi connectivity index (χ2n) is 3.89. The summed E-state index contributed by atoms with van der Waals surface area (Å²) in [4.78, 5) is 10.4. The topological polar surface area (TPSA) is 52.4 Å². The van der Waals surface area contributed by atoms with Crippen molar-refractivity contribution in [3.05, 3.63) is 32.8 Å². The maximum absolute atomic E-state index is 10.8. The maximum atomic E-state index is 10.8. The second-order valence-corrected chi connectivity index (χ2v) is 4.81. The van der Waals surface area contributed by atoms with Gasteiger partial charge in [-0.1, -0.05) is 15.9 Å². The highest BCUT2D eigenvalue weighted by Gasteiger charge is 2.22. The molecule has 0 aromatic heterocycles. The first kappa shape index (κ1) is 11.4. The molecule has 16 heavy (non-hydrogen) atoms. The number of rotatable bonds is 3. The van der Waals surface area contributed by atoms with Gasteiger partial charge in [0.2, 0.25) is 0 Å². The van der Waals surface area contributed by atoms with Crippen LogP contribution in [0.1, 0.15) is 25.7 Å². The van der Waals surface area contributed by atoms with Crippen molar-refractivity contribution in [3.63, 3.8) is 0 Å². The van der Waals surface area contributed by atoms with E-state index in [9.17, 15) is 10.1 Å². The van der Waals surface area contributed by atoms with E-state index in [1.54, 1.807) is 12.1 Å². The maximum Gasteiger partial charge on any atom is 0.311 e. The number of hydrogen-bond acceptors (Lipinski definition) is 3. The normalized spacial score (nSPS) is 16.3. The average molecular weight is 286 g/mol. The molecular formula is C11H12BrNO3. The van der Waals surface area contributed by atoms with E-state index in [0.29, 0.717) is 5.75 Å². The summed E-state index contributed by atoms with van der Waals surface area (Å²) in [6.07, 6.45) is 4.40. The number of nitrogens with zero attached hydrogens (tertiary/aromatic N) is 1. The van der Waals surface area contributed by atoms with Crippen LogP contribution in [0.25, 0.3) is 0 Å². The number of halogens is 1. The molecular weight excluding hydrogens is 274 g/mol. The van der Waals surface area contributed by atoms with E-state index in [1.807, 2.05) is 0 Å². The molecule has 0 aliphatic heterocycles. The van der Waals surface area contributed by atoms with Crippen molar-refractivity contribution in [1.82, 2.24) is 0 Å². The van der Waals surface area contributed by atoms with Gasteiger partial charge < -0.3 is 4.74 Å². The second kappa shape index (κ2) is 4.82. The van der Waals surface area contributed by atoms with Crippen LogP contribution in [0, 0.1) is 10.1 Å². The largest absolute Gasteiger partial charge is 0.483 e. The van der Waals surface area contributed by atoms with E-state index in [0.717, 1.165) is 30.2 Å². The first-order chi connectivity index (χ1) is 7.66. The highest BCUT2D eigenvalue weighted by molar-refractivity contribution is 9.10. The number of hydrogen-bond donors (Lipinski definition) is 0. The summed E-state index contributed by atoms with van der Waals surface area (Å²) in [6.45, 7) is 0. The van der Waals surface area contributed by atoms with E-state index < -0.39 is 4.92 Å². The molecule has 1 aromatic rings. The van der Waals surface area contributed by atoms with Crippen LogP contribution in [0.4, 0.5) is 5.69 Å². The lowest BCUT2D eigenvalue weighted by Crippen LogP contribution is -2.11. The Morgan fingerprint density at radius 2 is 2.06 bits per heavy atom. The van der Waals surface area contributed by atoms with Crippen molar-refractivity contribution in [2.45, 2.75) is 31.8 Å². The van der Waals surface area contributed by atoms with Gasteiger partial charge in [0.25, 0.3) is 0 Å². The predicted molar refractivity (Wildman–Crippen MR) is 63.7 cm³/mol. The molecule has 2 rings (SSSR count). The molecule has 86 valence electrons. The zero-order valence-electron chi connectivity index (χ0n) is 8.69. The summed E-state index contributed by atoms with van der Waals surface area (Å²) in [5, 5.41) is 10.8. The Balaban J connectivity index is 2.22. The average Bonchev–Trinajstić information content (AvgIpc) is 2.70. The Morgan fingerprint density at radius 1 is 1.38 bits per heavy atom. The minimum Gasteiger partial charge on any atom is -0.483 e. The molecule has 0 bridgehead atoms. The Labute approximate surface area is 102 Å². The molecule has 1 fully saturated rings. The fourth-order valence-electron chi connectivity index (χ4n) is 1.92. The van der Waals surface area contributed by atoms with Crippen LogP contribution in [-0.2, 0) is 0 Å². The van der Waals surface area contributed by atoms with Gasteiger partial charge in [0.1, 0.15) is 0 Å².